The van der Waals surface area contributed by atoms with E-state index in [9.17, 15) is 28.3 Å². The quantitative estimate of drug-likeness (QED) is 0.0912. The predicted molar refractivity (Wildman–Crippen MR) is 225 cm³/mol. The molecule has 0 bridgehead atoms. The molecule has 1 aliphatic carbocycles. The number of anilines is 1. The fourth-order valence-corrected chi connectivity index (χ4v) is 9.01. The Bertz CT molecular complexity index is 2340. The number of imide groups is 1. The van der Waals surface area contributed by atoms with E-state index in [1.807, 2.05) is 18.2 Å². The van der Waals surface area contributed by atoms with E-state index in [4.69, 9.17) is 4.74 Å². The summed E-state index contributed by atoms with van der Waals surface area (Å²) < 4.78 is 37.0. The molecule has 16 heteroatoms. The number of benzene rings is 2. The van der Waals surface area contributed by atoms with Gasteiger partial charge in [-0.1, -0.05) is 30.3 Å². The van der Waals surface area contributed by atoms with Crippen molar-refractivity contribution >= 4 is 39.8 Å². The van der Waals surface area contributed by atoms with Gasteiger partial charge in [0.15, 0.2) is 0 Å². The number of aliphatic hydroxyl groups excluding tert-OH is 1. The van der Waals surface area contributed by atoms with Crippen LogP contribution < -0.4 is 16.3 Å². The zero-order valence-corrected chi connectivity index (χ0v) is 34.2. The van der Waals surface area contributed by atoms with Crippen LogP contribution in [0, 0.1) is 0 Å². The van der Waals surface area contributed by atoms with Gasteiger partial charge in [0.05, 0.1) is 23.7 Å². The molecule has 2 aromatic carbocycles. The number of halogens is 2. The van der Waals surface area contributed by atoms with E-state index in [2.05, 4.69) is 65.4 Å². The number of carbonyl (C=O) groups excluding carboxylic acids is 2. The van der Waals surface area contributed by atoms with Crippen LogP contribution in [0.2, 0.25) is 0 Å². The van der Waals surface area contributed by atoms with E-state index in [1.54, 1.807) is 17.8 Å². The zero-order chi connectivity index (χ0) is 41.8. The third-order valence-corrected chi connectivity index (χ3v) is 12.4. The highest BCUT2D eigenvalue weighted by Crippen LogP contribution is 2.37. The van der Waals surface area contributed by atoms with Crippen molar-refractivity contribution in [2.75, 3.05) is 57.8 Å². The van der Waals surface area contributed by atoms with Crippen LogP contribution in [0.1, 0.15) is 74.6 Å². The number of rotatable bonds is 16. The molecule has 3 fully saturated rings. The molecule has 2 saturated heterocycles. The number of fused-ring (bicyclic) bond motifs is 2. The van der Waals surface area contributed by atoms with E-state index < -0.39 is 24.9 Å². The van der Waals surface area contributed by atoms with Crippen molar-refractivity contribution < 1.29 is 28.2 Å². The second-order valence-corrected chi connectivity index (χ2v) is 16.5. The summed E-state index contributed by atoms with van der Waals surface area (Å²) in [5.41, 5.74) is 6.33. The van der Waals surface area contributed by atoms with Crippen LogP contribution in [0.5, 0.6) is 0 Å². The number of ether oxygens (including phenoxy) is 1. The molecule has 60 heavy (non-hydrogen) atoms. The maximum atomic E-state index is 13.1. The Morgan fingerprint density at radius 1 is 0.917 bits per heavy atom. The topological polar surface area (TPSA) is 152 Å². The molecule has 0 radical (unpaired) electrons. The summed E-state index contributed by atoms with van der Waals surface area (Å²) in [6.07, 6.45) is 7.33. The molecular weight excluding hydrogens is 773 g/mol. The molecule has 14 nitrogen and oxygen atoms in total. The van der Waals surface area contributed by atoms with Crippen LogP contribution in [0.3, 0.4) is 0 Å². The number of aromatic nitrogens is 5. The number of nitrogens with zero attached hydrogens (tertiary/aromatic N) is 7. The average Bonchev–Trinajstić information content (AvgIpc) is 3.74. The van der Waals surface area contributed by atoms with Gasteiger partial charge >= 0.3 is 5.69 Å². The molecule has 3 aromatic heterocycles. The van der Waals surface area contributed by atoms with Gasteiger partial charge in [0.2, 0.25) is 17.8 Å². The van der Waals surface area contributed by atoms with Crippen molar-refractivity contribution in [3.05, 3.63) is 76.5 Å². The van der Waals surface area contributed by atoms with Gasteiger partial charge in [-0.05, 0) is 80.2 Å². The second kappa shape index (κ2) is 18.7. The lowest BCUT2D eigenvalue weighted by Crippen LogP contribution is -2.46. The number of imidazole rings is 1. The first-order valence-corrected chi connectivity index (χ1v) is 21.3. The Morgan fingerprint density at radius 2 is 1.65 bits per heavy atom. The van der Waals surface area contributed by atoms with Gasteiger partial charge in [0.1, 0.15) is 11.7 Å². The Morgan fingerprint density at radius 3 is 2.40 bits per heavy atom. The van der Waals surface area contributed by atoms with Crippen LogP contribution in [0.15, 0.2) is 59.7 Å². The molecule has 5 aromatic rings. The molecule has 0 spiro atoms. The molecule has 1 saturated carbocycles. The SMILES string of the molecule is Cn1c(=O)n([C@H]2CCC(=O)NC2=O)c2ccc(CCCOCCCN3CCN(Cc4ccc(-c5cn([C@H]6CC[C@H](O)CC6)c6nc(NCC(F)F)ncc56)cc4)CC3)cc21. The Hall–Kier alpha value is -5.03. The fourth-order valence-electron chi connectivity index (χ4n) is 9.01. The highest BCUT2D eigenvalue weighted by molar-refractivity contribution is 6.00. The summed E-state index contributed by atoms with van der Waals surface area (Å²) in [5.74, 6) is -0.547. The van der Waals surface area contributed by atoms with Crippen molar-refractivity contribution in [1.82, 2.24) is 38.8 Å². The van der Waals surface area contributed by atoms with Gasteiger partial charge in [-0.3, -0.25) is 28.9 Å². The van der Waals surface area contributed by atoms with E-state index in [1.165, 1.54) is 10.1 Å². The van der Waals surface area contributed by atoms with Crippen LogP contribution in [-0.2, 0) is 34.3 Å². The molecule has 1 atom stereocenters. The number of hydrogen-bond donors (Lipinski definition) is 3. The van der Waals surface area contributed by atoms with Crippen molar-refractivity contribution in [3.63, 3.8) is 0 Å². The first-order chi connectivity index (χ1) is 29.1. The lowest BCUT2D eigenvalue weighted by Gasteiger charge is -2.34. The summed E-state index contributed by atoms with van der Waals surface area (Å²) in [4.78, 5) is 51.2. The van der Waals surface area contributed by atoms with Crippen LogP contribution in [0.25, 0.3) is 33.2 Å². The zero-order valence-electron chi connectivity index (χ0n) is 34.2. The van der Waals surface area contributed by atoms with Crippen LogP contribution in [-0.4, -0.2) is 115 Å². The van der Waals surface area contributed by atoms with Gasteiger partial charge in [0, 0.05) is 95.3 Å². The largest absolute Gasteiger partial charge is 0.393 e. The van der Waals surface area contributed by atoms with Crippen molar-refractivity contribution in [1.29, 1.82) is 0 Å². The van der Waals surface area contributed by atoms with Gasteiger partial charge in [-0.2, -0.15) is 4.98 Å². The summed E-state index contributed by atoms with van der Waals surface area (Å²) in [6.45, 7) is 6.76. The molecule has 3 N–H and O–H groups in total. The third kappa shape index (κ3) is 9.46. The number of alkyl halides is 2. The van der Waals surface area contributed by atoms with Crippen LogP contribution in [0.4, 0.5) is 14.7 Å². The van der Waals surface area contributed by atoms with E-state index in [0.29, 0.717) is 25.2 Å². The number of amides is 2. The first kappa shape index (κ1) is 41.7. The Balaban J connectivity index is 0.767. The average molecular weight is 828 g/mol. The number of hydrogen-bond acceptors (Lipinski definition) is 10. The molecule has 0 unspecified atom stereocenters. The Labute approximate surface area is 347 Å². The van der Waals surface area contributed by atoms with E-state index in [-0.39, 0.29) is 36.1 Å². The second-order valence-electron chi connectivity index (χ2n) is 16.5. The smallest absolute Gasteiger partial charge is 0.329 e. The Kier molecular flexibility index (Phi) is 13.0. The molecule has 3 aliphatic rings. The van der Waals surface area contributed by atoms with Crippen LogP contribution >= 0.6 is 0 Å². The number of carbonyl (C=O) groups is 2. The number of nitrogens with one attached hydrogen (secondary N) is 2. The van der Waals surface area contributed by atoms with Gasteiger partial charge in [-0.25, -0.2) is 18.6 Å². The molecule has 2 aliphatic heterocycles. The minimum atomic E-state index is -2.50. The lowest BCUT2D eigenvalue weighted by molar-refractivity contribution is -0.135. The predicted octanol–water partition coefficient (Wildman–Crippen LogP) is 5.04. The minimum Gasteiger partial charge on any atom is -0.393 e. The standard InChI is InChI=1S/C44H55F2N9O5/c1-51-38-24-29(7-14-36(38)55(44(51)59)37-15-16-40(57)49-42(37)58)4-2-22-60-23-3-17-52-18-20-53(21-19-52)27-30-5-8-31(9-6-30)35-28-54(32-10-12-33(56)13-11-32)41-34(35)25-47-43(50-41)48-26-39(45)46/h5-9,14,24-25,28,32-33,37,39,56H,2-4,10-13,15-23,26-27H2,1H3,(H,47,48,50)(H,49,57,58)/t32-,33-,37-/m0/s1. The third-order valence-electron chi connectivity index (χ3n) is 12.4. The first-order valence-electron chi connectivity index (χ1n) is 21.3. The summed E-state index contributed by atoms with van der Waals surface area (Å²) >= 11 is 0. The summed E-state index contributed by atoms with van der Waals surface area (Å²) in [5, 5.41) is 16.0. The molecule has 8 rings (SSSR count). The minimum absolute atomic E-state index is 0.170. The number of aliphatic hydroxyl groups is 1. The van der Waals surface area contributed by atoms with Crippen molar-refractivity contribution in [3.8, 4) is 11.1 Å². The highest BCUT2D eigenvalue weighted by atomic mass is 19.3. The number of aryl methyl sites for hydroxylation is 2. The number of piperazine rings is 1. The maximum absolute atomic E-state index is 13.1. The maximum Gasteiger partial charge on any atom is 0.329 e. The van der Waals surface area contributed by atoms with Crippen molar-refractivity contribution in [2.45, 2.75) is 88.9 Å². The summed E-state index contributed by atoms with van der Waals surface area (Å²) in [6, 6.07) is 14.0. The highest BCUT2D eigenvalue weighted by Gasteiger charge is 2.31. The number of piperidine rings is 1. The monoisotopic (exact) mass is 827 g/mol. The lowest BCUT2D eigenvalue weighted by atomic mass is 9.93. The van der Waals surface area contributed by atoms with Gasteiger partial charge < -0.3 is 24.6 Å². The molecule has 2 amide bonds. The molecular formula is C44H55F2N9O5. The molecule has 320 valence electrons. The summed E-state index contributed by atoms with van der Waals surface area (Å²) in [7, 11) is 1.71. The van der Waals surface area contributed by atoms with Gasteiger partial charge in [-0.15, -0.1) is 0 Å². The van der Waals surface area contributed by atoms with Crippen molar-refractivity contribution in [2.24, 2.45) is 7.05 Å². The molecule has 5 heterocycles. The normalized spacial score (nSPS) is 20.7. The van der Waals surface area contributed by atoms with E-state index in [0.717, 1.165) is 117 Å². The van der Waals surface area contributed by atoms with E-state index >= 15 is 0 Å². The van der Waals surface area contributed by atoms with Gasteiger partial charge in [0.25, 0.3) is 6.43 Å². The fraction of sp³-hybridized carbons (Fsp3) is 0.523.